The van der Waals surface area contributed by atoms with E-state index in [4.69, 9.17) is 19.3 Å². The molecule has 3 heterocycles. The molecule has 0 saturated carbocycles. The van der Waals surface area contributed by atoms with Gasteiger partial charge in [0.25, 0.3) is 5.56 Å². The molecule has 0 bridgehead atoms. The van der Waals surface area contributed by atoms with E-state index in [1.807, 2.05) is 18.2 Å². The Hall–Kier alpha value is -3.34. The maximum atomic E-state index is 13.2. The van der Waals surface area contributed by atoms with Crippen LogP contribution in [0.15, 0.2) is 66.1 Å². The van der Waals surface area contributed by atoms with Gasteiger partial charge < -0.3 is 19.3 Å². The number of rotatable bonds is 9. The number of aromatic nitrogens is 4. The Balaban J connectivity index is 1.82. The van der Waals surface area contributed by atoms with Crippen LogP contribution in [-0.4, -0.2) is 49.2 Å². The molecular formula is C21H21N4O7P. The molecule has 11 nitrogen and oxygen atoms in total. The standard InChI is InChI=1S/C21H21N4O7P/c1-30-9-10-31-17-6-4-15(5-7-17)18-12-25(16-3-2-8-22-11-16)20-19(18)21(26)24(13-23-20)14-32-33(27,28)29/h2-8,11-13H,9-10,14H2,1H3,(H2,27,28,29). The summed E-state index contributed by atoms with van der Waals surface area (Å²) < 4.78 is 28.9. The summed E-state index contributed by atoms with van der Waals surface area (Å²) in [6.45, 7) is 0.225. The minimum Gasteiger partial charge on any atom is -0.491 e. The van der Waals surface area contributed by atoms with Crippen molar-refractivity contribution in [1.29, 1.82) is 0 Å². The van der Waals surface area contributed by atoms with Crippen molar-refractivity contribution in [2.75, 3.05) is 20.3 Å². The molecule has 4 rings (SSSR count). The molecule has 0 aliphatic heterocycles. The summed E-state index contributed by atoms with van der Waals surface area (Å²) in [5, 5.41) is 0.267. The average molecular weight is 472 g/mol. The van der Waals surface area contributed by atoms with Crippen molar-refractivity contribution >= 4 is 18.9 Å². The molecule has 0 spiro atoms. The normalized spacial score (nSPS) is 11.7. The third kappa shape index (κ3) is 5.19. The molecule has 0 fully saturated rings. The lowest BCUT2D eigenvalue weighted by atomic mass is 10.1. The highest BCUT2D eigenvalue weighted by atomic mass is 31.2. The Morgan fingerprint density at radius 3 is 2.58 bits per heavy atom. The van der Waals surface area contributed by atoms with E-state index in [0.717, 1.165) is 10.1 Å². The summed E-state index contributed by atoms with van der Waals surface area (Å²) in [5.41, 5.74) is 1.88. The van der Waals surface area contributed by atoms with Crippen LogP contribution in [0.4, 0.5) is 0 Å². The molecule has 172 valence electrons. The van der Waals surface area contributed by atoms with Crippen LogP contribution in [0, 0.1) is 0 Å². The van der Waals surface area contributed by atoms with Crippen molar-refractivity contribution in [3.8, 4) is 22.6 Å². The van der Waals surface area contributed by atoms with Gasteiger partial charge in [-0.2, -0.15) is 0 Å². The fourth-order valence-corrected chi connectivity index (χ4v) is 3.54. The number of phosphoric acid groups is 1. The van der Waals surface area contributed by atoms with Gasteiger partial charge >= 0.3 is 7.82 Å². The molecule has 3 aromatic heterocycles. The first kappa shape index (κ1) is 22.8. The van der Waals surface area contributed by atoms with Crippen LogP contribution in [0.25, 0.3) is 27.8 Å². The lowest BCUT2D eigenvalue weighted by molar-refractivity contribution is 0.146. The Morgan fingerprint density at radius 1 is 1.12 bits per heavy atom. The van der Waals surface area contributed by atoms with Gasteiger partial charge in [0.2, 0.25) is 0 Å². The second kappa shape index (κ2) is 9.65. The average Bonchev–Trinajstić information content (AvgIpc) is 3.20. The van der Waals surface area contributed by atoms with Crippen LogP contribution in [0.3, 0.4) is 0 Å². The summed E-state index contributed by atoms with van der Waals surface area (Å²) in [6, 6.07) is 10.8. The summed E-state index contributed by atoms with van der Waals surface area (Å²) in [6.07, 6.45) is 6.23. The number of phosphoric ester groups is 1. The van der Waals surface area contributed by atoms with Crippen LogP contribution < -0.4 is 10.3 Å². The maximum absolute atomic E-state index is 13.2. The topological polar surface area (TPSA) is 138 Å². The Labute approximate surface area is 188 Å². The van der Waals surface area contributed by atoms with E-state index in [1.165, 1.54) is 6.33 Å². The van der Waals surface area contributed by atoms with Gasteiger partial charge in [-0.05, 0) is 29.8 Å². The molecule has 0 aliphatic carbocycles. The first-order chi connectivity index (χ1) is 15.9. The van der Waals surface area contributed by atoms with Crippen molar-refractivity contribution in [3.05, 3.63) is 71.7 Å². The minimum absolute atomic E-state index is 0.267. The molecule has 0 saturated heterocycles. The van der Waals surface area contributed by atoms with E-state index in [9.17, 15) is 9.36 Å². The van der Waals surface area contributed by atoms with Crippen LogP contribution in [0.5, 0.6) is 5.75 Å². The molecule has 0 aliphatic rings. The van der Waals surface area contributed by atoms with E-state index in [1.54, 1.807) is 48.5 Å². The summed E-state index contributed by atoms with van der Waals surface area (Å²) >= 11 is 0. The number of methoxy groups -OCH3 is 1. The number of hydrogen-bond donors (Lipinski definition) is 2. The minimum atomic E-state index is -4.77. The van der Waals surface area contributed by atoms with Gasteiger partial charge in [0.1, 0.15) is 25.4 Å². The highest BCUT2D eigenvalue weighted by Crippen LogP contribution is 2.36. The largest absolute Gasteiger partial charge is 0.491 e. The zero-order valence-electron chi connectivity index (χ0n) is 17.6. The van der Waals surface area contributed by atoms with E-state index in [0.29, 0.717) is 35.9 Å². The van der Waals surface area contributed by atoms with E-state index in [-0.39, 0.29) is 5.39 Å². The first-order valence-corrected chi connectivity index (χ1v) is 11.3. The fraction of sp³-hybridized carbons (Fsp3) is 0.190. The van der Waals surface area contributed by atoms with Gasteiger partial charge in [-0.15, -0.1) is 0 Å². The Kier molecular flexibility index (Phi) is 6.68. The summed E-state index contributed by atoms with van der Waals surface area (Å²) in [4.78, 5) is 39.7. The van der Waals surface area contributed by atoms with E-state index < -0.39 is 20.1 Å². The van der Waals surface area contributed by atoms with Crippen molar-refractivity contribution in [2.45, 2.75) is 6.73 Å². The van der Waals surface area contributed by atoms with Gasteiger partial charge in [-0.25, -0.2) is 9.55 Å². The summed E-state index contributed by atoms with van der Waals surface area (Å²) in [7, 11) is -3.17. The monoisotopic (exact) mass is 472 g/mol. The second-order valence-electron chi connectivity index (χ2n) is 6.96. The number of ether oxygens (including phenoxy) is 2. The summed E-state index contributed by atoms with van der Waals surface area (Å²) in [5.74, 6) is 0.650. The van der Waals surface area contributed by atoms with E-state index >= 15 is 0 Å². The van der Waals surface area contributed by atoms with Crippen molar-refractivity contribution in [1.82, 2.24) is 19.1 Å². The lowest BCUT2D eigenvalue weighted by Gasteiger charge is -2.09. The Morgan fingerprint density at radius 2 is 1.91 bits per heavy atom. The number of benzene rings is 1. The maximum Gasteiger partial charge on any atom is 0.471 e. The molecule has 1 aromatic carbocycles. The third-order valence-corrected chi connectivity index (χ3v) is 5.24. The molecule has 4 aromatic rings. The predicted molar refractivity (Wildman–Crippen MR) is 119 cm³/mol. The van der Waals surface area contributed by atoms with Gasteiger partial charge in [0.15, 0.2) is 5.65 Å². The molecule has 0 amide bonds. The molecule has 2 N–H and O–H groups in total. The molecular weight excluding hydrogens is 451 g/mol. The van der Waals surface area contributed by atoms with E-state index in [2.05, 4.69) is 14.5 Å². The van der Waals surface area contributed by atoms with Crippen LogP contribution in [0.1, 0.15) is 0 Å². The Bertz CT molecular complexity index is 1350. The van der Waals surface area contributed by atoms with Crippen molar-refractivity contribution in [2.24, 2.45) is 0 Å². The van der Waals surface area contributed by atoms with Gasteiger partial charge in [-0.1, -0.05) is 12.1 Å². The number of fused-ring (bicyclic) bond motifs is 1. The molecule has 0 radical (unpaired) electrons. The first-order valence-electron chi connectivity index (χ1n) is 9.80. The van der Waals surface area contributed by atoms with Gasteiger partial charge in [-0.3, -0.25) is 23.4 Å². The smallest absolute Gasteiger partial charge is 0.471 e. The van der Waals surface area contributed by atoms with Crippen LogP contribution >= 0.6 is 7.82 Å². The predicted octanol–water partition coefficient (Wildman–Crippen LogP) is 2.34. The number of nitrogens with zero attached hydrogens (tertiary/aromatic N) is 4. The third-order valence-electron chi connectivity index (χ3n) is 4.78. The number of hydrogen-bond acceptors (Lipinski definition) is 7. The molecule has 0 atom stereocenters. The highest BCUT2D eigenvalue weighted by molar-refractivity contribution is 7.46. The van der Waals surface area contributed by atoms with Crippen LogP contribution in [-0.2, 0) is 20.6 Å². The van der Waals surface area contributed by atoms with Crippen molar-refractivity contribution < 1.29 is 28.3 Å². The fourth-order valence-electron chi connectivity index (χ4n) is 3.27. The lowest BCUT2D eigenvalue weighted by Crippen LogP contribution is -2.21. The SMILES string of the molecule is COCCOc1ccc(-c2cn(-c3cccnc3)c3ncn(COP(=O)(O)O)c(=O)c23)cc1. The highest BCUT2D eigenvalue weighted by Gasteiger charge is 2.20. The van der Waals surface area contributed by atoms with Gasteiger partial charge in [0, 0.05) is 25.1 Å². The molecule has 33 heavy (non-hydrogen) atoms. The van der Waals surface area contributed by atoms with Crippen LogP contribution in [0.2, 0.25) is 0 Å². The zero-order chi connectivity index (χ0) is 23.4. The quantitative estimate of drug-likeness (QED) is 0.278. The van der Waals surface area contributed by atoms with Crippen molar-refractivity contribution in [3.63, 3.8) is 0 Å². The number of pyridine rings is 1. The molecule has 12 heteroatoms. The zero-order valence-corrected chi connectivity index (χ0v) is 18.5. The van der Waals surface area contributed by atoms with Gasteiger partial charge in [0.05, 0.1) is 23.9 Å². The molecule has 0 unspecified atom stereocenters. The second-order valence-corrected chi connectivity index (χ2v) is 8.20.